The number of piperidine rings is 1. The Labute approximate surface area is 210 Å². The lowest BCUT2D eigenvalue weighted by Crippen LogP contribution is -2.44. The van der Waals surface area contributed by atoms with Gasteiger partial charge in [0.1, 0.15) is 18.5 Å². The summed E-state index contributed by atoms with van der Waals surface area (Å²) in [7, 11) is 0. The molecule has 190 valence electrons. The van der Waals surface area contributed by atoms with Crippen molar-refractivity contribution in [3.8, 4) is 5.75 Å². The van der Waals surface area contributed by atoms with Crippen LogP contribution in [0.5, 0.6) is 5.75 Å². The molecule has 0 radical (unpaired) electrons. The summed E-state index contributed by atoms with van der Waals surface area (Å²) in [6.07, 6.45) is 2.15. The summed E-state index contributed by atoms with van der Waals surface area (Å²) in [4.78, 5) is 19.7. The molecule has 2 aliphatic heterocycles. The van der Waals surface area contributed by atoms with Crippen LogP contribution in [0, 0.1) is 5.92 Å². The van der Waals surface area contributed by atoms with E-state index in [1.807, 2.05) is 11.0 Å². The average Bonchev–Trinajstić information content (AvgIpc) is 2.89. The Morgan fingerprint density at radius 2 is 1.71 bits per heavy atom. The number of hydrogen-bond donors (Lipinski definition) is 0. The maximum absolute atomic E-state index is 12.8. The van der Waals surface area contributed by atoms with Crippen molar-refractivity contribution < 1.29 is 14.3 Å². The molecule has 0 saturated carbocycles. The predicted octanol–water partition coefficient (Wildman–Crippen LogP) is 4.05. The van der Waals surface area contributed by atoms with Crippen LogP contribution in [-0.2, 0) is 22.6 Å². The Kier molecular flexibility index (Phi) is 9.57. The zero-order chi connectivity index (χ0) is 24.5. The number of benzene rings is 2. The minimum atomic E-state index is 0.0741. The van der Waals surface area contributed by atoms with E-state index in [0.717, 1.165) is 77.6 Å². The van der Waals surface area contributed by atoms with Gasteiger partial charge < -0.3 is 14.4 Å². The van der Waals surface area contributed by atoms with Gasteiger partial charge in [-0.1, -0.05) is 42.5 Å². The Bertz CT molecular complexity index is 918. The maximum Gasteiger partial charge on any atom is 0.226 e. The molecule has 35 heavy (non-hydrogen) atoms. The lowest BCUT2D eigenvalue weighted by molar-refractivity contribution is -0.137. The molecule has 6 heteroatoms. The SMILES string of the molecule is CCN(CC)C(=O)C1CCCN(Cc2cccc(OCC3CN(Cc4ccccc4)CCO3)c2)C1. The number of carbonyl (C=O) groups excluding carboxylic acids is 1. The summed E-state index contributed by atoms with van der Waals surface area (Å²) in [5.41, 5.74) is 2.56. The summed E-state index contributed by atoms with van der Waals surface area (Å²) in [6, 6.07) is 19.0. The summed E-state index contributed by atoms with van der Waals surface area (Å²) in [6.45, 7) is 12.5. The third-order valence-corrected chi connectivity index (χ3v) is 7.14. The van der Waals surface area contributed by atoms with Crippen molar-refractivity contribution in [2.24, 2.45) is 5.92 Å². The van der Waals surface area contributed by atoms with Crippen molar-refractivity contribution >= 4 is 5.91 Å². The van der Waals surface area contributed by atoms with Crippen LogP contribution in [0.4, 0.5) is 0 Å². The number of morpholine rings is 1. The van der Waals surface area contributed by atoms with Crippen LogP contribution in [0.1, 0.15) is 37.8 Å². The van der Waals surface area contributed by atoms with Crippen LogP contribution in [0.3, 0.4) is 0 Å². The first-order chi connectivity index (χ1) is 17.1. The molecule has 0 N–H and O–H groups in total. The Morgan fingerprint density at radius 1 is 0.971 bits per heavy atom. The highest BCUT2D eigenvalue weighted by molar-refractivity contribution is 5.79. The molecule has 2 unspecified atom stereocenters. The van der Waals surface area contributed by atoms with Crippen molar-refractivity contribution in [3.05, 3.63) is 65.7 Å². The minimum Gasteiger partial charge on any atom is -0.491 e. The number of nitrogens with zero attached hydrogens (tertiary/aromatic N) is 3. The van der Waals surface area contributed by atoms with Crippen LogP contribution < -0.4 is 4.74 Å². The van der Waals surface area contributed by atoms with Crippen molar-refractivity contribution in [2.45, 2.75) is 45.9 Å². The molecule has 2 aromatic rings. The third kappa shape index (κ3) is 7.53. The summed E-state index contributed by atoms with van der Waals surface area (Å²) in [5, 5.41) is 0. The van der Waals surface area contributed by atoms with Gasteiger partial charge in [0.2, 0.25) is 5.91 Å². The van der Waals surface area contributed by atoms with Gasteiger partial charge in [-0.25, -0.2) is 0 Å². The van der Waals surface area contributed by atoms with Gasteiger partial charge in [-0.05, 0) is 56.5 Å². The maximum atomic E-state index is 12.8. The van der Waals surface area contributed by atoms with E-state index in [2.05, 4.69) is 72.2 Å². The van der Waals surface area contributed by atoms with Crippen molar-refractivity contribution in [3.63, 3.8) is 0 Å². The van der Waals surface area contributed by atoms with Crippen molar-refractivity contribution in [1.29, 1.82) is 0 Å². The van der Waals surface area contributed by atoms with Gasteiger partial charge in [0, 0.05) is 45.8 Å². The number of hydrogen-bond acceptors (Lipinski definition) is 5. The second-order valence-corrected chi connectivity index (χ2v) is 9.76. The molecule has 4 rings (SSSR count). The van der Waals surface area contributed by atoms with Gasteiger partial charge in [-0.2, -0.15) is 0 Å². The van der Waals surface area contributed by atoms with E-state index in [4.69, 9.17) is 9.47 Å². The molecule has 2 aliphatic rings. The largest absolute Gasteiger partial charge is 0.491 e. The number of likely N-dealkylation sites (tertiary alicyclic amines) is 1. The molecular formula is C29H41N3O3. The molecule has 2 atom stereocenters. The first-order valence-electron chi connectivity index (χ1n) is 13.2. The molecule has 1 amide bonds. The lowest BCUT2D eigenvalue weighted by Gasteiger charge is -2.34. The molecule has 2 heterocycles. The van der Waals surface area contributed by atoms with Gasteiger partial charge in [-0.3, -0.25) is 14.6 Å². The van der Waals surface area contributed by atoms with Crippen LogP contribution >= 0.6 is 0 Å². The fraction of sp³-hybridized carbons (Fsp3) is 0.552. The Hall–Kier alpha value is -2.41. The molecule has 0 aliphatic carbocycles. The van der Waals surface area contributed by atoms with E-state index in [1.54, 1.807) is 0 Å². The fourth-order valence-electron chi connectivity index (χ4n) is 5.24. The van der Waals surface area contributed by atoms with Crippen LogP contribution in [0.25, 0.3) is 0 Å². The van der Waals surface area contributed by atoms with Crippen LogP contribution in [0.15, 0.2) is 54.6 Å². The van der Waals surface area contributed by atoms with E-state index < -0.39 is 0 Å². The van der Waals surface area contributed by atoms with Gasteiger partial charge in [-0.15, -0.1) is 0 Å². The average molecular weight is 480 g/mol. The molecule has 6 nitrogen and oxygen atoms in total. The van der Waals surface area contributed by atoms with E-state index in [-0.39, 0.29) is 12.0 Å². The highest BCUT2D eigenvalue weighted by Gasteiger charge is 2.28. The molecule has 0 spiro atoms. The Balaban J connectivity index is 1.26. The summed E-state index contributed by atoms with van der Waals surface area (Å²) in [5.74, 6) is 1.31. The standard InChI is InChI=1S/C29H41N3O3/c1-3-32(4-2)29(33)26-13-9-15-30(21-26)20-25-12-8-14-27(18-25)35-23-28-22-31(16-17-34-28)19-24-10-6-5-7-11-24/h5-8,10-12,14,18,26,28H,3-4,9,13,15-17,19-23H2,1-2H3. The monoisotopic (exact) mass is 479 g/mol. The van der Waals surface area contributed by atoms with E-state index >= 15 is 0 Å². The van der Waals surface area contributed by atoms with Crippen LogP contribution in [0.2, 0.25) is 0 Å². The second-order valence-electron chi connectivity index (χ2n) is 9.76. The zero-order valence-electron chi connectivity index (χ0n) is 21.4. The van der Waals surface area contributed by atoms with Gasteiger partial charge >= 0.3 is 0 Å². The molecule has 2 aromatic carbocycles. The Morgan fingerprint density at radius 3 is 2.51 bits per heavy atom. The topological polar surface area (TPSA) is 45.2 Å². The smallest absolute Gasteiger partial charge is 0.226 e. The predicted molar refractivity (Wildman–Crippen MR) is 139 cm³/mol. The van der Waals surface area contributed by atoms with Crippen molar-refractivity contribution in [1.82, 2.24) is 14.7 Å². The van der Waals surface area contributed by atoms with Crippen molar-refractivity contribution in [2.75, 3.05) is 52.5 Å². The normalized spacial score (nSPS) is 21.5. The van der Waals surface area contributed by atoms with E-state index in [0.29, 0.717) is 12.5 Å². The molecule has 2 fully saturated rings. The summed E-state index contributed by atoms with van der Waals surface area (Å²) < 4.78 is 12.1. The first-order valence-corrected chi connectivity index (χ1v) is 13.2. The molecular weight excluding hydrogens is 438 g/mol. The zero-order valence-corrected chi connectivity index (χ0v) is 21.4. The number of ether oxygens (including phenoxy) is 2. The van der Waals surface area contributed by atoms with E-state index in [9.17, 15) is 4.79 Å². The first kappa shape index (κ1) is 25.7. The quantitative estimate of drug-likeness (QED) is 0.515. The van der Waals surface area contributed by atoms with E-state index in [1.165, 1.54) is 11.1 Å². The highest BCUT2D eigenvalue weighted by atomic mass is 16.5. The molecule has 0 bridgehead atoms. The second kappa shape index (κ2) is 13.1. The van der Waals surface area contributed by atoms with Gasteiger partial charge in [0.15, 0.2) is 0 Å². The highest BCUT2D eigenvalue weighted by Crippen LogP contribution is 2.22. The molecule has 2 saturated heterocycles. The fourth-order valence-corrected chi connectivity index (χ4v) is 5.24. The lowest BCUT2D eigenvalue weighted by atomic mass is 9.96. The number of amides is 1. The van der Waals surface area contributed by atoms with Gasteiger partial charge in [0.25, 0.3) is 0 Å². The van der Waals surface area contributed by atoms with Gasteiger partial charge in [0.05, 0.1) is 12.5 Å². The van der Waals surface area contributed by atoms with Crippen LogP contribution in [-0.4, -0.2) is 79.2 Å². The molecule has 0 aromatic heterocycles. The summed E-state index contributed by atoms with van der Waals surface area (Å²) >= 11 is 0. The number of rotatable bonds is 10. The number of carbonyl (C=O) groups is 1. The third-order valence-electron chi connectivity index (χ3n) is 7.14. The minimum absolute atomic E-state index is 0.0741.